The van der Waals surface area contributed by atoms with E-state index in [9.17, 15) is 4.79 Å². The Kier molecular flexibility index (Phi) is 6.11. The van der Waals surface area contributed by atoms with Gasteiger partial charge in [-0.1, -0.05) is 48.2 Å². The lowest BCUT2D eigenvalue weighted by molar-refractivity contribution is -0.120. The molecule has 2 fully saturated rings. The summed E-state index contributed by atoms with van der Waals surface area (Å²) in [6.45, 7) is 4.82. The molecular weight excluding hydrogens is 426 g/mol. The van der Waals surface area contributed by atoms with Crippen LogP contribution in [0.25, 0.3) is 10.7 Å². The van der Waals surface area contributed by atoms with Gasteiger partial charge in [0.25, 0.3) is 0 Å². The van der Waals surface area contributed by atoms with Gasteiger partial charge >= 0.3 is 0 Å². The number of carbonyl (C=O) groups excluding carboxylic acids is 1. The Morgan fingerprint density at radius 1 is 1.19 bits per heavy atom. The summed E-state index contributed by atoms with van der Waals surface area (Å²) >= 11 is 3.20. The molecule has 31 heavy (non-hydrogen) atoms. The molecule has 1 aromatic carbocycles. The second kappa shape index (κ2) is 9.14. The number of amides is 1. The highest BCUT2D eigenvalue weighted by atomic mass is 32.2. The van der Waals surface area contributed by atoms with Crippen LogP contribution in [0.4, 0.5) is 0 Å². The number of hydrogen-bond donors (Lipinski definition) is 1. The zero-order chi connectivity index (χ0) is 21.2. The molecule has 0 spiro atoms. The van der Waals surface area contributed by atoms with Gasteiger partial charge in [0.15, 0.2) is 11.0 Å². The van der Waals surface area contributed by atoms with Gasteiger partial charge in [-0.15, -0.1) is 21.5 Å². The maximum absolute atomic E-state index is 12.9. The van der Waals surface area contributed by atoms with Crippen LogP contribution in [0, 0.1) is 0 Å². The Morgan fingerprint density at radius 3 is 2.77 bits per heavy atom. The quantitative estimate of drug-likeness (QED) is 0.518. The van der Waals surface area contributed by atoms with E-state index in [0.717, 1.165) is 54.8 Å². The van der Waals surface area contributed by atoms with E-state index in [-0.39, 0.29) is 17.2 Å². The molecule has 2 aromatic heterocycles. The fourth-order valence-electron chi connectivity index (χ4n) is 4.06. The summed E-state index contributed by atoms with van der Waals surface area (Å²) in [5, 5.41) is 14.9. The summed E-state index contributed by atoms with van der Waals surface area (Å²) in [7, 11) is 0. The van der Waals surface area contributed by atoms with Crippen molar-refractivity contribution in [2.24, 2.45) is 0 Å². The summed E-state index contributed by atoms with van der Waals surface area (Å²) < 4.78 is 2.23. The first-order valence-electron chi connectivity index (χ1n) is 10.9. The highest BCUT2D eigenvalue weighted by molar-refractivity contribution is 8.00. The van der Waals surface area contributed by atoms with E-state index < -0.39 is 0 Å². The molecule has 8 heteroatoms. The minimum Gasteiger partial charge on any atom is -0.351 e. The number of benzene rings is 1. The predicted molar refractivity (Wildman–Crippen MR) is 125 cm³/mol. The molecule has 1 aliphatic heterocycles. The van der Waals surface area contributed by atoms with Gasteiger partial charge in [0, 0.05) is 31.7 Å². The van der Waals surface area contributed by atoms with Crippen molar-refractivity contribution in [2.75, 3.05) is 13.1 Å². The number of thioether (sulfide) groups is 1. The Bertz CT molecular complexity index is 1020. The third-order valence-electron chi connectivity index (χ3n) is 5.84. The minimum atomic E-state index is -0.207. The van der Waals surface area contributed by atoms with E-state index >= 15 is 0 Å². The first kappa shape index (κ1) is 20.7. The van der Waals surface area contributed by atoms with E-state index in [1.165, 1.54) is 17.3 Å². The lowest BCUT2D eigenvalue weighted by Crippen LogP contribution is -2.40. The van der Waals surface area contributed by atoms with Crippen LogP contribution in [0.15, 0.2) is 53.0 Å². The summed E-state index contributed by atoms with van der Waals surface area (Å²) in [5.41, 5.74) is 1.32. The van der Waals surface area contributed by atoms with Crippen molar-refractivity contribution in [1.82, 2.24) is 25.0 Å². The van der Waals surface area contributed by atoms with Crippen LogP contribution in [0.2, 0.25) is 0 Å². The standard InChI is InChI=1S/C23H27N5OS2/c1-16(22(29)24-18-11-12-27(15-18)14-17-6-3-2-4-7-17)31-23-26-25-21(20-8-5-13-30-20)28(23)19-9-10-19/h2-8,13,16,18-19H,9-12,14-15H2,1H3,(H,24,29). The zero-order valence-corrected chi connectivity index (χ0v) is 19.2. The average Bonchev–Trinajstić information content (AvgIpc) is 3.15. The lowest BCUT2D eigenvalue weighted by Gasteiger charge is -2.18. The first-order valence-corrected chi connectivity index (χ1v) is 12.7. The third-order valence-corrected chi connectivity index (χ3v) is 7.76. The number of nitrogens with zero attached hydrogens (tertiary/aromatic N) is 4. The monoisotopic (exact) mass is 453 g/mol. The van der Waals surface area contributed by atoms with Crippen molar-refractivity contribution in [3.63, 3.8) is 0 Å². The van der Waals surface area contributed by atoms with Gasteiger partial charge in [-0.2, -0.15) is 0 Å². The Labute approximate surface area is 191 Å². The Morgan fingerprint density at radius 2 is 2.03 bits per heavy atom. The molecule has 6 nitrogen and oxygen atoms in total. The van der Waals surface area contributed by atoms with Gasteiger partial charge < -0.3 is 5.32 Å². The van der Waals surface area contributed by atoms with Crippen molar-refractivity contribution >= 4 is 29.0 Å². The maximum Gasteiger partial charge on any atom is 0.233 e. The van der Waals surface area contributed by atoms with Gasteiger partial charge in [-0.3, -0.25) is 14.3 Å². The molecule has 162 valence electrons. The molecule has 1 N–H and O–H groups in total. The molecule has 0 bridgehead atoms. The van der Waals surface area contributed by atoms with Crippen LogP contribution in [0.1, 0.15) is 37.8 Å². The smallest absolute Gasteiger partial charge is 0.233 e. The number of likely N-dealkylation sites (tertiary alicyclic amines) is 1. The third kappa shape index (κ3) is 4.86. The number of hydrogen-bond acceptors (Lipinski definition) is 6. The molecule has 0 radical (unpaired) electrons. The van der Waals surface area contributed by atoms with Crippen molar-refractivity contribution in [3.05, 3.63) is 53.4 Å². The molecule has 1 saturated carbocycles. The van der Waals surface area contributed by atoms with Gasteiger partial charge in [0.2, 0.25) is 5.91 Å². The summed E-state index contributed by atoms with van der Waals surface area (Å²) in [4.78, 5) is 16.4. The summed E-state index contributed by atoms with van der Waals surface area (Å²) in [6.07, 6.45) is 3.31. The van der Waals surface area contributed by atoms with Crippen LogP contribution >= 0.6 is 23.1 Å². The fraction of sp³-hybridized carbons (Fsp3) is 0.435. The second-order valence-electron chi connectivity index (χ2n) is 8.36. The number of nitrogens with one attached hydrogen (secondary N) is 1. The van der Waals surface area contributed by atoms with Gasteiger partial charge in [0.05, 0.1) is 10.1 Å². The van der Waals surface area contributed by atoms with Gasteiger partial charge in [-0.05, 0) is 43.2 Å². The number of aromatic nitrogens is 3. The zero-order valence-electron chi connectivity index (χ0n) is 17.6. The van der Waals surface area contributed by atoms with Crippen LogP contribution in [0.3, 0.4) is 0 Å². The fourth-order valence-corrected chi connectivity index (χ4v) is 5.69. The number of carbonyl (C=O) groups is 1. The maximum atomic E-state index is 12.9. The first-order chi connectivity index (χ1) is 15.2. The number of thiophene rings is 1. The molecule has 3 heterocycles. The molecule has 2 aliphatic rings. The minimum absolute atomic E-state index is 0.0829. The van der Waals surface area contributed by atoms with Crippen molar-refractivity contribution < 1.29 is 4.79 Å². The Hall–Kier alpha value is -2.16. The second-order valence-corrected chi connectivity index (χ2v) is 10.6. The van der Waals surface area contributed by atoms with E-state index in [2.05, 4.69) is 60.7 Å². The molecule has 1 amide bonds. The van der Waals surface area contributed by atoms with Gasteiger partial charge in [0.1, 0.15) is 0 Å². The van der Waals surface area contributed by atoms with E-state index in [1.54, 1.807) is 11.3 Å². The molecule has 1 aliphatic carbocycles. The lowest BCUT2D eigenvalue weighted by atomic mass is 10.2. The average molecular weight is 454 g/mol. The van der Waals surface area contributed by atoms with Crippen LogP contribution in [0.5, 0.6) is 0 Å². The summed E-state index contributed by atoms with van der Waals surface area (Å²) in [6, 6.07) is 15.3. The van der Waals surface area contributed by atoms with E-state index in [4.69, 9.17) is 0 Å². The topological polar surface area (TPSA) is 63.1 Å². The van der Waals surface area contributed by atoms with Crippen LogP contribution in [-0.2, 0) is 11.3 Å². The molecule has 3 aromatic rings. The molecule has 1 saturated heterocycles. The van der Waals surface area contributed by atoms with Crippen LogP contribution in [-0.4, -0.2) is 50.0 Å². The SMILES string of the molecule is CC(Sc1nnc(-c2cccs2)n1C1CC1)C(=O)NC1CCN(Cc2ccccc2)C1. The summed E-state index contributed by atoms with van der Waals surface area (Å²) in [5.74, 6) is 1.01. The Balaban J connectivity index is 1.18. The van der Waals surface area contributed by atoms with E-state index in [0.29, 0.717) is 6.04 Å². The molecule has 5 rings (SSSR count). The van der Waals surface area contributed by atoms with E-state index in [1.807, 2.05) is 19.1 Å². The highest BCUT2D eigenvalue weighted by Gasteiger charge is 2.32. The van der Waals surface area contributed by atoms with Crippen molar-refractivity contribution in [1.29, 1.82) is 0 Å². The van der Waals surface area contributed by atoms with Gasteiger partial charge in [-0.25, -0.2) is 0 Å². The molecule has 2 unspecified atom stereocenters. The van der Waals surface area contributed by atoms with Crippen molar-refractivity contribution in [2.45, 2.75) is 55.2 Å². The van der Waals surface area contributed by atoms with Crippen LogP contribution < -0.4 is 5.32 Å². The van der Waals surface area contributed by atoms with Crippen molar-refractivity contribution in [3.8, 4) is 10.7 Å². The predicted octanol–water partition coefficient (Wildman–Crippen LogP) is 4.21. The largest absolute Gasteiger partial charge is 0.351 e. The number of rotatable bonds is 8. The molecular formula is C23H27N5OS2. The molecule has 2 atom stereocenters. The normalized spacial score (nSPS) is 20.1. The highest BCUT2D eigenvalue weighted by Crippen LogP contribution is 2.42.